The second kappa shape index (κ2) is 11.3. The first-order valence-corrected chi connectivity index (χ1v) is 13.4. The van der Waals surface area contributed by atoms with Gasteiger partial charge in [0.15, 0.2) is 0 Å². The Morgan fingerprint density at radius 1 is 1.11 bits per heavy atom. The van der Waals surface area contributed by atoms with Crippen LogP contribution in [0.3, 0.4) is 0 Å². The van der Waals surface area contributed by atoms with Crippen molar-refractivity contribution in [1.82, 2.24) is 19.6 Å². The van der Waals surface area contributed by atoms with E-state index in [1.807, 2.05) is 46.0 Å². The van der Waals surface area contributed by atoms with E-state index in [9.17, 15) is 9.90 Å². The molecule has 1 amide bonds. The Morgan fingerprint density at radius 3 is 2.54 bits per heavy atom. The summed E-state index contributed by atoms with van der Waals surface area (Å²) in [6.45, 7) is 5.75. The number of rotatable bonds is 7. The fraction of sp³-hybridized carbons (Fsp3) is 0.448. The van der Waals surface area contributed by atoms with Crippen molar-refractivity contribution in [2.45, 2.75) is 51.3 Å². The Labute approximate surface area is 223 Å². The predicted octanol–water partition coefficient (Wildman–Crippen LogP) is 4.36. The van der Waals surface area contributed by atoms with Crippen molar-refractivity contribution in [1.29, 1.82) is 0 Å². The third-order valence-corrected chi connectivity index (χ3v) is 7.97. The molecule has 2 aliphatic heterocycles. The van der Waals surface area contributed by atoms with E-state index in [4.69, 9.17) is 21.4 Å². The van der Waals surface area contributed by atoms with Gasteiger partial charge >= 0.3 is 0 Å². The number of halogens is 1. The van der Waals surface area contributed by atoms with Gasteiger partial charge in [-0.3, -0.25) is 9.48 Å². The number of aliphatic hydroxyl groups excluding tert-OH is 1. The van der Waals surface area contributed by atoms with Gasteiger partial charge in [-0.15, -0.1) is 0 Å². The summed E-state index contributed by atoms with van der Waals surface area (Å²) in [6, 6.07) is 15.9. The summed E-state index contributed by atoms with van der Waals surface area (Å²) in [5.41, 5.74) is 5.29. The molecule has 2 aliphatic rings. The lowest BCUT2D eigenvalue weighted by Crippen LogP contribution is -2.40. The van der Waals surface area contributed by atoms with E-state index in [0.29, 0.717) is 37.1 Å². The lowest BCUT2D eigenvalue weighted by Gasteiger charge is -2.34. The summed E-state index contributed by atoms with van der Waals surface area (Å²) >= 11 is 6.11. The number of aromatic nitrogens is 2. The average molecular weight is 523 g/mol. The molecule has 1 aromatic heterocycles. The van der Waals surface area contributed by atoms with Gasteiger partial charge in [0.2, 0.25) is 5.91 Å². The Kier molecular flexibility index (Phi) is 7.84. The number of nitrogens with zero attached hydrogens (tertiary/aromatic N) is 4. The number of fused-ring (bicyclic) bond motifs is 1. The first-order chi connectivity index (χ1) is 17.9. The molecule has 1 unspecified atom stereocenters. The minimum absolute atomic E-state index is 0.0667. The molecule has 1 atom stereocenters. The van der Waals surface area contributed by atoms with E-state index in [0.717, 1.165) is 60.6 Å². The van der Waals surface area contributed by atoms with Crippen LogP contribution in [0.15, 0.2) is 48.5 Å². The van der Waals surface area contributed by atoms with Crippen molar-refractivity contribution < 1.29 is 14.6 Å². The highest BCUT2D eigenvalue weighted by atomic mass is 35.5. The van der Waals surface area contributed by atoms with Crippen molar-refractivity contribution in [3.05, 3.63) is 70.4 Å². The van der Waals surface area contributed by atoms with Gasteiger partial charge in [-0.25, -0.2) is 0 Å². The van der Waals surface area contributed by atoms with Crippen LogP contribution >= 0.6 is 11.6 Å². The van der Waals surface area contributed by atoms with Gasteiger partial charge in [-0.05, 0) is 55.6 Å². The average Bonchev–Trinajstić information content (AvgIpc) is 3.26. The molecular formula is C29H35ClN4O3. The maximum atomic E-state index is 12.1. The lowest BCUT2D eigenvalue weighted by molar-refractivity contribution is -0.129. The Balaban J connectivity index is 1.27. The molecule has 0 radical (unpaired) electrons. The summed E-state index contributed by atoms with van der Waals surface area (Å²) in [5.74, 6) is 1.51. The number of benzene rings is 2. The van der Waals surface area contributed by atoms with Crippen molar-refractivity contribution in [2.24, 2.45) is 0 Å². The van der Waals surface area contributed by atoms with E-state index < -0.39 is 6.10 Å². The number of aliphatic hydroxyl groups is 1. The lowest BCUT2D eigenvalue weighted by atomic mass is 9.88. The second-order valence-corrected chi connectivity index (χ2v) is 10.6. The topological polar surface area (TPSA) is 70.8 Å². The summed E-state index contributed by atoms with van der Waals surface area (Å²) in [7, 11) is 1.73. The minimum Gasteiger partial charge on any atom is -0.496 e. The summed E-state index contributed by atoms with van der Waals surface area (Å²) in [5, 5.41) is 16.7. The zero-order valence-electron chi connectivity index (χ0n) is 21.6. The third-order valence-electron chi connectivity index (χ3n) is 7.72. The van der Waals surface area contributed by atoms with Crippen LogP contribution in [0, 0.1) is 0 Å². The van der Waals surface area contributed by atoms with Gasteiger partial charge in [0.1, 0.15) is 5.75 Å². The molecule has 3 aromatic rings. The van der Waals surface area contributed by atoms with Gasteiger partial charge in [0.05, 0.1) is 25.5 Å². The second-order valence-electron chi connectivity index (χ2n) is 10.1. The van der Waals surface area contributed by atoms with E-state index in [1.54, 1.807) is 14.0 Å². The monoisotopic (exact) mass is 522 g/mol. The van der Waals surface area contributed by atoms with Gasteiger partial charge in [0, 0.05) is 54.8 Å². The van der Waals surface area contributed by atoms with Crippen molar-refractivity contribution >= 4 is 17.5 Å². The molecule has 1 saturated heterocycles. The number of ether oxygens (including phenoxy) is 1. The molecule has 0 saturated carbocycles. The number of hydrogen-bond donors (Lipinski definition) is 1. The summed E-state index contributed by atoms with van der Waals surface area (Å²) in [4.78, 5) is 16.3. The number of para-hydroxylation sites is 1. The Bertz CT molecular complexity index is 1230. The number of β-amino-alcohol motifs (C(OH)–C–C–N with tert-alkyl or cyclic N) is 1. The molecule has 37 heavy (non-hydrogen) atoms. The van der Waals surface area contributed by atoms with Crippen LogP contribution in [0.1, 0.15) is 42.5 Å². The predicted molar refractivity (Wildman–Crippen MR) is 145 cm³/mol. The van der Waals surface area contributed by atoms with Crippen LogP contribution in [0.2, 0.25) is 5.02 Å². The van der Waals surface area contributed by atoms with Crippen LogP contribution in [0.4, 0.5) is 0 Å². The Hall–Kier alpha value is -2.87. The molecule has 0 aliphatic carbocycles. The van der Waals surface area contributed by atoms with Gasteiger partial charge in [-0.2, -0.15) is 5.10 Å². The normalized spacial score (nSPS) is 17.5. The largest absolute Gasteiger partial charge is 0.496 e. The molecule has 1 N–H and O–H groups in total. The maximum absolute atomic E-state index is 12.1. The van der Waals surface area contributed by atoms with Crippen LogP contribution in [0.5, 0.6) is 5.75 Å². The first-order valence-electron chi connectivity index (χ1n) is 13.1. The summed E-state index contributed by atoms with van der Waals surface area (Å²) < 4.78 is 7.53. The van der Waals surface area contributed by atoms with E-state index in [2.05, 4.69) is 17.0 Å². The number of piperidine rings is 1. The fourth-order valence-electron chi connectivity index (χ4n) is 5.74. The van der Waals surface area contributed by atoms with Gasteiger partial charge < -0.3 is 19.6 Å². The zero-order valence-corrected chi connectivity index (χ0v) is 22.3. The molecule has 5 rings (SSSR count). The minimum atomic E-state index is -0.532. The van der Waals surface area contributed by atoms with Crippen molar-refractivity contribution in [2.75, 3.05) is 33.3 Å². The quantitative estimate of drug-likeness (QED) is 0.499. The summed E-state index contributed by atoms with van der Waals surface area (Å²) in [6.07, 6.45) is 2.29. The van der Waals surface area contributed by atoms with Gasteiger partial charge in [0.25, 0.3) is 0 Å². The molecule has 3 heterocycles. The number of amides is 1. The number of carbonyl (C=O) groups excluding carboxylic acids is 1. The van der Waals surface area contributed by atoms with E-state index >= 15 is 0 Å². The van der Waals surface area contributed by atoms with Crippen LogP contribution in [-0.4, -0.2) is 70.0 Å². The van der Waals surface area contributed by atoms with Crippen molar-refractivity contribution in [3.8, 4) is 17.0 Å². The van der Waals surface area contributed by atoms with Crippen LogP contribution in [0.25, 0.3) is 11.3 Å². The van der Waals surface area contributed by atoms with Crippen LogP contribution in [-0.2, 0) is 24.3 Å². The highest BCUT2D eigenvalue weighted by Gasteiger charge is 2.29. The molecule has 1 fully saturated rings. The highest BCUT2D eigenvalue weighted by Crippen LogP contribution is 2.34. The molecule has 2 aromatic carbocycles. The molecule has 8 heteroatoms. The van der Waals surface area contributed by atoms with Crippen molar-refractivity contribution in [3.63, 3.8) is 0 Å². The highest BCUT2D eigenvalue weighted by molar-refractivity contribution is 6.30. The number of likely N-dealkylation sites (tertiary alicyclic amines) is 1. The first kappa shape index (κ1) is 25.8. The number of carbonyl (C=O) groups is 1. The molecule has 196 valence electrons. The van der Waals surface area contributed by atoms with Crippen LogP contribution < -0.4 is 4.74 Å². The Morgan fingerprint density at radius 2 is 1.84 bits per heavy atom. The SMILES string of the molecule is COc1ccccc1C1CCN(CC(O)Cn2nc(-c3ccc(Cl)cc3)c3c2CCN(C(C)=O)C3)CC1. The molecule has 0 spiro atoms. The van der Waals surface area contributed by atoms with E-state index in [1.165, 1.54) is 5.56 Å². The molecule has 7 nitrogen and oxygen atoms in total. The van der Waals surface area contributed by atoms with Gasteiger partial charge in [-0.1, -0.05) is 41.9 Å². The number of methoxy groups -OCH3 is 1. The smallest absolute Gasteiger partial charge is 0.219 e. The van der Waals surface area contributed by atoms with E-state index in [-0.39, 0.29) is 5.91 Å². The zero-order chi connectivity index (χ0) is 25.9. The standard InChI is InChI=1S/C29H35ClN4O3/c1-20(35)33-16-13-27-26(19-33)29(22-7-9-23(30)10-8-22)31-34(27)18-24(36)17-32-14-11-21(12-15-32)25-5-3-4-6-28(25)37-2/h3-10,21,24,36H,11-19H2,1-2H3. The maximum Gasteiger partial charge on any atom is 0.219 e. The third kappa shape index (κ3) is 5.69. The molecular weight excluding hydrogens is 488 g/mol. The molecule has 0 bridgehead atoms. The fourth-order valence-corrected chi connectivity index (χ4v) is 5.86. The number of hydrogen-bond acceptors (Lipinski definition) is 5.